The molecule has 0 N–H and O–H groups in total. The zero-order chi connectivity index (χ0) is 13.7. The molecule has 19 heavy (non-hydrogen) atoms. The number of carbonyl (C=O) groups is 2. The second kappa shape index (κ2) is 6.82. The molecule has 0 atom stereocenters. The molecule has 0 aromatic heterocycles. The molecule has 0 bridgehead atoms. The molecule has 0 unspecified atom stereocenters. The van der Waals surface area contributed by atoms with Gasteiger partial charge in [0.05, 0.1) is 5.75 Å². The first-order valence-electron chi connectivity index (χ1n) is 6.04. The van der Waals surface area contributed by atoms with Gasteiger partial charge in [-0.05, 0) is 24.3 Å². The van der Waals surface area contributed by atoms with E-state index in [1.165, 1.54) is 11.8 Å². The predicted octanol–water partition coefficient (Wildman–Crippen LogP) is 1.73. The topological polar surface area (TPSA) is 40.6 Å². The Labute approximate surface area is 121 Å². The van der Waals surface area contributed by atoms with Gasteiger partial charge in [0.15, 0.2) is 0 Å². The molecule has 6 heteroatoms. The number of rotatable bonds is 4. The van der Waals surface area contributed by atoms with Crippen molar-refractivity contribution in [1.82, 2.24) is 9.80 Å². The van der Waals surface area contributed by atoms with Gasteiger partial charge in [0.2, 0.25) is 12.3 Å². The van der Waals surface area contributed by atoms with Crippen LogP contribution in [-0.4, -0.2) is 54.0 Å². The minimum atomic E-state index is 0.116. The quantitative estimate of drug-likeness (QED) is 0.628. The smallest absolute Gasteiger partial charge is 0.233 e. The predicted molar refractivity (Wildman–Crippen MR) is 76.4 cm³/mol. The molecule has 1 saturated heterocycles. The molecule has 1 aromatic carbocycles. The summed E-state index contributed by atoms with van der Waals surface area (Å²) in [5.41, 5.74) is 0. The fourth-order valence-electron chi connectivity index (χ4n) is 1.84. The van der Waals surface area contributed by atoms with Crippen LogP contribution < -0.4 is 0 Å². The van der Waals surface area contributed by atoms with Gasteiger partial charge in [-0.25, -0.2) is 0 Å². The largest absolute Gasteiger partial charge is 0.342 e. The molecule has 1 fully saturated rings. The van der Waals surface area contributed by atoms with Crippen LogP contribution in [0.1, 0.15) is 0 Å². The van der Waals surface area contributed by atoms with E-state index in [4.69, 9.17) is 11.6 Å². The van der Waals surface area contributed by atoms with Gasteiger partial charge in [-0.15, -0.1) is 11.8 Å². The number of hydrogen-bond donors (Lipinski definition) is 0. The van der Waals surface area contributed by atoms with Crippen LogP contribution >= 0.6 is 23.4 Å². The Bertz CT molecular complexity index is 444. The van der Waals surface area contributed by atoms with Crippen LogP contribution in [-0.2, 0) is 9.59 Å². The van der Waals surface area contributed by atoms with Gasteiger partial charge in [0.1, 0.15) is 0 Å². The van der Waals surface area contributed by atoms with Crippen LogP contribution in [0, 0.1) is 0 Å². The first-order chi connectivity index (χ1) is 9.19. The molecule has 0 saturated carbocycles. The molecular weight excluding hydrogens is 284 g/mol. The molecule has 1 heterocycles. The third kappa shape index (κ3) is 4.14. The summed E-state index contributed by atoms with van der Waals surface area (Å²) in [5.74, 6) is 0.536. The minimum absolute atomic E-state index is 0.116. The maximum Gasteiger partial charge on any atom is 0.233 e. The fraction of sp³-hybridized carbons (Fsp3) is 0.385. The van der Waals surface area contributed by atoms with Gasteiger partial charge in [-0.1, -0.05) is 11.6 Å². The molecule has 0 spiro atoms. The molecule has 1 aliphatic rings. The highest BCUT2D eigenvalue weighted by Gasteiger charge is 2.19. The summed E-state index contributed by atoms with van der Waals surface area (Å²) in [7, 11) is 0. The van der Waals surface area contributed by atoms with E-state index >= 15 is 0 Å². The lowest BCUT2D eigenvalue weighted by Gasteiger charge is -2.32. The number of amides is 2. The summed E-state index contributed by atoms with van der Waals surface area (Å²) in [5, 5.41) is 0.695. The summed E-state index contributed by atoms with van der Waals surface area (Å²) < 4.78 is 0. The summed E-state index contributed by atoms with van der Waals surface area (Å²) in [6.07, 6.45) is 0.838. The Kier molecular flexibility index (Phi) is 5.10. The van der Waals surface area contributed by atoms with Crippen molar-refractivity contribution in [1.29, 1.82) is 0 Å². The van der Waals surface area contributed by atoms with Crippen LogP contribution in [0.5, 0.6) is 0 Å². The minimum Gasteiger partial charge on any atom is -0.342 e. The van der Waals surface area contributed by atoms with E-state index in [2.05, 4.69) is 0 Å². The van der Waals surface area contributed by atoms with E-state index < -0.39 is 0 Å². The number of nitrogens with zero attached hydrogens (tertiary/aromatic N) is 2. The van der Waals surface area contributed by atoms with Crippen molar-refractivity contribution < 1.29 is 9.59 Å². The van der Waals surface area contributed by atoms with Crippen LogP contribution in [0.25, 0.3) is 0 Å². The van der Waals surface area contributed by atoms with Crippen LogP contribution in [0.3, 0.4) is 0 Å². The molecular formula is C13H15ClN2O2S. The third-order valence-corrected chi connectivity index (χ3v) is 4.24. The van der Waals surface area contributed by atoms with Crippen molar-refractivity contribution in [3.63, 3.8) is 0 Å². The zero-order valence-electron chi connectivity index (χ0n) is 10.4. The monoisotopic (exact) mass is 298 g/mol. The number of halogens is 1. The van der Waals surface area contributed by atoms with Crippen molar-refractivity contribution in [3.8, 4) is 0 Å². The first kappa shape index (κ1) is 14.2. The van der Waals surface area contributed by atoms with Crippen molar-refractivity contribution in [3.05, 3.63) is 29.3 Å². The molecule has 4 nitrogen and oxygen atoms in total. The zero-order valence-corrected chi connectivity index (χ0v) is 12.0. The Morgan fingerprint density at radius 2 is 1.84 bits per heavy atom. The van der Waals surface area contributed by atoms with Gasteiger partial charge in [-0.2, -0.15) is 0 Å². The third-order valence-electron chi connectivity index (χ3n) is 2.99. The average molecular weight is 299 g/mol. The number of benzene rings is 1. The molecule has 1 aliphatic heterocycles. The van der Waals surface area contributed by atoms with Crippen LogP contribution in [0.2, 0.25) is 5.02 Å². The summed E-state index contributed by atoms with van der Waals surface area (Å²) in [6, 6.07) is 7.45. The Morgan fingerprint density at radius 1 is 1.21 bits per heavy atom. The van der Waals surface area contributed by atoms with E-state index in [1.807, 2.05) is 29.2 Å². The van der Waals surface area contributed by atoms with Gasteiger partial charge in [0.25, 0.3) is 0 Å². The maximum atomic E-state index is 12.0. The van der Waals surface area contributed by atoms with Gasteiger partial charge >= 0.3 is 0 Å². The van der Waals surface area contributed by atoms with Crippen molar-refractivity contribution in [2.24, 2.45) is 0 Å². The maximum absolute atomic E-state index is 12.0. The molecule has 1 aromatic rings. The average Bonchev–Trinajstić information content (AvgIpc) is 2.46. The molecule has 102 valence electrons. The Balaban J connectivity index is 1.78. The molecule has 0 radical (unpaired) electrons. The highest BCUT2D eigenvalue weighted by molar-refractivity contribution is 8.00. The lowest BCUT2D eigenvalue weighted by Crippen LogP contribution is -2.48. The van der Waals surface area contributed by atoms with Crippen LogP contribution in [0.15, 0.2) is 29.2 Å². The molecule has 2 amide bonds. The van der Waals surface area contributed by atoms with E-state index in [-0.39, 0.29) is 5.91 Å². The number of piperazine rings is 1. The van der Waals surface area contributed by atoms with Gasteiger partial charge in [0, 0.05) is 36.1 Å². The lowest BCUT2D eigenvalue weighted by atomic mass is 10.3. The van der Waals surface area contributed by atoms with E-state index in [0.29, 0.717) is 37.0 Å². The number of carbonyl (C=O) groups excluding carboxylic acids is 2. The second-order valence-corrected chi connectivity index (χ2v) is 5.75. The Morgan fingerprint density at radius 3 is 2.42 bits per heavy atom. The number of hydrogen-bond acceptors (Lipinski definition) is 3. The first-order valence-corrected chi connectivity index (χ1v) is 7.41. The van der Waals surface area contributed by atoms with E-state index in [1.54, 1.807) is 4.90 Å². The van der Waals surface area contributed by atoms with Crippen molar-refractivity contribution in [2.75, 3.05) is 31.9 Å². The molecule has 0 aliphatic carbocycles. The normalized spacial score (nSPS) is 15.4. The summed E-state index contributed by atoms with van der Waals surface area (Å²) >= 11 is 7.31. The number of thioether (sulfide) groups is 1. The lowest BCUT2D eigenvalue weighted by molar-refractivity contribution is -0.132. The van der Waals surface area contributed by atoms with Crippen molar-refractivity contribution >= 4 is 35.7 Å². The molecule has 2 rings (SSSR count). The highest BCUT2D eigenvalue weighted by Crippen LogP contribution is 2.20. The summed E-state index contributed by atoms with van der Waals surface area (Å²) in [6.45, 7) is 2.50. The van der Waals surface area contributed by atoms with Crippen LogP contribution in [0.4, 0.5) is 0 Å². The summed E-state index contributed by atoms with van der Waals surface area (Å²) in [4.78, 5) is 27.1. The Hall–Kier alpha value is -1.20. The second-order valence-electron chi connectivity index (χ2n) is 4.26. The van der Waals surface area contributed by atoms with Crippen molar-refractivity contribution in [2.45, 2.75) is 4.90 Å². The standard InChI is InChI=1S/C13H15ClN2O2S/c14-11-1-3-12(4-2-11)19-9-13(18)16-7-5-15(10-17)6-8-16/h1-4,10H,5-9H2. The van der Waals surface area contributed by atoms with Gasteiger partial charge < -0.3 is 9.80 Å². The SMILES string of the molecule is O=CN1CCN(C(=O)CSc2ccc(Cl)cc2)CC1. The van der Waals surface area contributed by atoms with E-state index in [9.17, 15) is 9.59 Å². The highest BCUT2D eigenvalue weighted by atomic mass is 35.5. The van der Waals surface area contributed by atoms with Gasteiger partial charge in [-0.3, -0.25) is 9.59 Å². The van der Waals surface area contributed by atoms with E-state index in [0.717, 1.165) is 11.3 Å². The fourth-order valence-corrected chi connectivity index (χ4v) is 2.77.